The third kappa shape index (κ3) is 4.94. The quantitative estimate of drug-likeness (QED) is 0.806. The van der Waals surface area contributed by atoms with Crippen LogP contribution in [0.15, 0.2) is 18.3 Å². The number of alkyl carbamates (subject to hydrolysis) is 1. The number of amides is 1. The minimum atomic E-state index is -0.488. The fourth-order valence-corrected chi connectivity index (χ4v) is 3.11. The van der Waals surface area contributed by atoms with Crippen LogP contribution >= 0.6 is 11.6 Å². The summed E-state index contributed by atoms with van der Waals surface area (Å²) in [7, 11) is 0. The van der Waals surface area contributed by atoms with Crippen molar-refractivity contribution in [3.05, 3.63) is 23.5 Å². The average Bonchev–Trinajstić information content (AvgIpc) is 2.78. The van der Waals surface area contributed by atoms with Crippen LogP contribution in [0.3, 0.4) is 0 Å². The normalized spacial score (nSPS) is 18.5. The number of hydrogen-bond donors (Lipinski definition) is 1. The van der Waals surface area contributed by atoms with Crippen LogP contribution in [0.4, 0.5) is 10.6 Å². The van der Waals surface area contributed by atoms with Crippen molar-refractivity contribution in [1.29, 1.82) is 0 Å². The van der Waals surface area contributed by atoms with Gasteiger partial charge in [0.05, 0.1) is 6.20 Å². The van der Waals surface area contributed by atoms with Crippen molar-refractivity contribution in [1.82, 2.24) is 20.3 Å². The van der Waals surface area contributed by atoms with Crippen LogP contribution in [0, 0.1) is 0 Å². The molecule has 140 valence electrons. The molecule has 8 heteroatoms. The molecule has 1 N–H and O–H groups in total. The first kappa shape index (κ1) is 18.6. The van der Waals surface area contributed by atoms with Crippen molar-refractivity contribution in [2.24, 2.45) is 0 Å². The van der Waals surface area contributed by atoms with E-state index in [-0.39, 0.29) is 12.1 Å². The molecule has 0 radical (unpaired) electrons. The van der Waals surface area contributed by atoms with Crippen molar-refractivity contribution in [3.8, 4) is 0 Å². The van der Waals surface area contributed by atoms with Crippen molar-refractivity contribution < 1.29 is 9.53 Å². The van der Waals surface area contributed by atoms with Gasteiger partial charge in [0.2, 0.25) is 0 Å². The standard InChI is InChI=1S/C18H24ClN5O2/c1-18(2,3)26-17(25)21-12-5-4-9-24(10-8-12)15-11-20-16-13(22-15)6-7-14(19)23-16/h6-7,11-12H,4-5,8-10H2,1-3H3,(H,21,25)/t12-/m0/s1. The summed E-state index contributed by atoms with van der Waals surface area (Å²) in [6, 6.07) is 3.64. The van der Waals surface area contributed by atoms with E-state index >= 15 is 0 Å². The van der Waals surface area contributed by atoms with Crippen LogP contribution in [-0.2, 0) is 4.74 Å². The molecule has 0 aliphatic carbocycles. The Morgan fingerprint density at radius 2 is 2.08 bits per heavy atom. The molecule has 2 aromatic rings. The Morgan fingerprint density at radius 3 is 2.85 bits per heavy atom. The largest absolute Gasteiger partial charge is 0.444 e. The fourth-order valence-electron chi connectivity index (χ4n) is 2.97. The van der Waals surface area contributed by atoms with Crippen LogP contribution in [0.25, 0.3) is 11.2 Å². The smallest absolute Gasteiger partial charge is 0.407 e. The molecule has 0 bridgehead atoms. The van der Waals surface area contributed by atoms with E-state index in [1.807, 2.05) is 26.8 Å². The Labute approximate surface area is 158 Å². The van der Waals surface area contributed by atoms with Crippen molar-refractivity contribution >= 4 is 34.7 Å². The Morgan fingerprint density at radius 1 is 1.27 bits per heavy atom. The van der Waals surface area contributed by atoms with Gasteiger partial charge in [0, 0.05) is 19.1 Å². The minimum Gasteiger partial charge on any atom is -0.444 e. The van der Waals surface area contributed by atoms with Crippen molar-refractivity contribution in [3.63, 3.8) is 0 Å². The fraction of sp³-hybridized carbons (Fsp3) is 0.556. The molecule has 1 saturated heterocycles. The molecule has 7 nitrogen and oxygen atoms in total. The maximum Gasteiger partial charge on any atom is 0.407 e. The lowest BCUT2D eigenvalue weighted by atomic mass is 10.1. The number of hydrogen-bond acceptors (Lipinski definition) is 6. The highest BCUT2D eigenvalue weighted by atomic mass is 35.5. The van der Waals surface area contributed by atoms with Gasteiger partial charge < -0.3 is 15.0 Å². The number of halogens is 1. The Kier molecular flexibility index (Phi) is 5.46. The first-order chi connectivity index (χ1) is 12.3. The van der Waals surface area contributed by atoms with Gasteiger partial charge in [-0.05, 0) is 52.2 Å². The summed E-state index contributed by atoms with van der Waals surface area (Å²) in [5.41, 5.74) is 0.776. The van der Waals surface area contributed by atoms with Gasteiger partial charge in [0.15, 0.2) is 5.65 Å². The first-order valence-corrected chi connectivity index (χ1v) is 9.22. The summed E-state index contributed by atoms with van der Waals surface area (Å²) in [6.07, 6.45) is 4.07. The van der Waals surface area contributed by atoms with E-state index in [9.17, 15) is 4.79 Å². The van der Waals surface area contributed by atoms with Gasteiger partial charge in [-0.3, -0.25) is 0 Å². The highest BCUT2D eigenvalue weighted by Gasteiger charge is 2.23. The van der Waals surface area contributed by atoms with Gasteiger partial charge in [-0.1, -0.05) is 11.6 Å². The molecule has 1 atom stereocenters. The van der Waals surface area contributed by atoms with E-state index in [1.165, 1.54) is 0 Å². The molecule has 1 amide bonds. The van der Waals surface area contributed by atoms with Gasteiger partial charge in [-0.15, -0.1) is 0 Å². The second-order valence-corrected chi connectivity index (χ2v) is 7.85. The zero-order chi connectivity index (χ0) is 18.7. The van der Waals surface area contributed by atoms with Gasteiger partial charge >= 0.3 is 6.09 Å². The first-order valence-electron chi connectivity index (χ1n) is 8.84. The Hall–Kier alpha value is -2.15. The van der Waals surface area contributed by atoms with E-state index < -0.39 is 5.60 Å². The highest BCUT2D eigenvalue weighted by molar-refractivity contribution is 6.29. The maximum atomic E-state index is 12.0. The third-order valence-corrected chi connectivity index (χ3v) is 4.34. The number of nitrogens with zero attached hydrogens (tertiary/aromatic N) is 4. The summed E-state index contributed by atoms with van der Waals surface area (Å²) < 4.78 is 5.35. The zero-order valence-electron chi connectivity index (χ0n) is 15.3. The zero-order valence-corrected chi connectivity index (χ0v) is 16.1. The number of aromatic nitrogens is 3. The van der Waals surface area contributed by atoms with Crippen LogP contribution in [0.1, 0.15) is 40.0 Å². The number of carbonyl (C=O) groups excluding carboxylic acids is 1. The molecule has 1 aliphatic heterocycles. The van der Waals surface area contributed by atoms with Crippen LogP contribution < -0.4 is 10.2 Å². The van der Waals surface area contributed by atoms with Crippen molar-refractivity contribution in [2.75, 3.05) is 18.0 Å². The molecule has 1 aliphatic rings. The minimum absolute atomic E-state index is 0.101. The number of rotatable bonds is 2. The maximum absolute atomic E-state index is 12.0. The second-order valence-electron chi connectivity index (χ2n) is 7.47. The lowest BCUT2D eigenvalue weighted by Crippen LogP contribution is -2.39. The summed E-state index contributed by atoms with van der Waals surface area (Å²) >= 11 is 5.89. The number of pyridine rings is 1. The van der Waals surface area contributed by atoms with Crippen LogP contribution in [-0.4, -0.2) is 45.8 Å². The number of fused-ring (bicyclic) bond motifs is 1. The SMILES string of the molecule is CC(C)(C)OC(=O)N[C@H]1CCCN(c2cnc3nc(Cl)ccc3n2)CC1. The molecular weight excluding hydrogens is 354 g/mol. The molecule has 2 aromatic heterocycles. The Bertz CT molecular complexity index is 793. The van der Waals surface area contributed by atoms with E-state index in [1.54, 1.807) is 12.3 Å². The third-order valence-electron chi connectivity index (χ3n) is 4.13. The van der Waals surface area contributed by atoms with Crippen molar-refractivity contribution in [2.45, 2.75) is 51.7 Å². The number of nitrogens with one attached hydrogen (secondary N) is 1. The van der Waals surface area contributed by atoms with E-state index in [4.69, 9.17) is 16.3 Å². The highest BCUT2D eigenvalue weighted by Crippen LogP contribution is 2.20. The van der Waals surface area contributed by atoms with Gasteiger partial charge in [-0.2, -0.15) is 0 Å². The molecule has 3 heterocycles. The predicted molar refractivity (Wildman–Crippen MR) is 102 cm³/mol. The number of ether oxygens (including phenoxy) is 1. The average molecular weight is 378 g/mol. The van der Waals surface area contributed by atoms with Crippen LogP contribution in [0.5, 0.6) is 0 Å². The van der Waals surface area contributed by atoms with E-state index in [2.05, 4.69) is 25.2 Å². The monoisotopic (exact) mass is 377 g/mol. The molecule has 0 saturated carbocycles. The van der Waals surface area contributed by atoms with Crippen LogP contribution in [0.2, 0.25) is 5.15 Å². The topological polar surface area (TPSA) is 80.2 Å². The summed E-state index contributed by atoms with van der Waals surface area (Å²) in [5.74, 6) is 0.819. The summed E-state index contributed by atoms with van der Waals surface area (Å²) in [5, 5.41) is 3.38. The molecule has 26 heavy (non-hydrogen) atoms. The molecule has 0 spiro atoms. The number of carbonyl (C=O) groups is 1. The van der Waals surface area contributed by atoms with Gasteiger partial charge in [0.25, 0.3) is 0 Å². The second kappa shape index (κ2) is 7.61. The molecule has 1 fully saturated rings. The predicted octanol–water partition coefficient (Wildman–Crippen LogP) is 3.56. The molecule has 3 rings (SSSR count). The summed E-state index contributed by atoms with van der Waals surface area (Å²) in [6.45, 7) is 7.25. The lowest BCUT2D eigenvalue weighted by Gasteiger charge is -2.23. The van der Waals surface area contributed by atoms with E-state index in [0.29, 0.717) is 10.8 Å². The van der Waals surface area contributed by atoms with Gasteiger partial charge in [0.1, 0.15) is 22.1 Å². The molecule has 0 unspecified atom stereocenters. The molecular formula is C18H24ClN5O2. The molecule has 0 aromatic carbocycles. The van der Waals surface area contributed by atoms with Gasteiger partial charge in [-0.25, -0.2) is 19.7 Å². The number of anilines is 1. The Balaban J connectivity index is 1.63. The lowest BCUT2D eigenvalue weighted by molar-refractivity contribution is 0.0501. The van der Waals surface area contributed by atoms with E-state index in [0.717, 1.165) is 43.7 Å². The summed E-state index contributed by atoms with van der Waals surface area (Å²) in [4.78, 5) is 27.3.